The van der Waals surface area contributed by atoms with Crippen molar-refractivity contribution < 1.29 is 51.6 Å². The van der Waals surface area contributed by atoms with Gasteiger partial charge < -0.3 is 23.6 Å². The molecule has 0 bridgehead atoms. The van der Waals surface area contributed by atoms with Gasteiger partial charge in [0.1, 0.15) is 25.9 Å². The molecule has 0 saturated heterocycles. The number of phosphoric ester groups is 1. The van der Waals surface area contributed by atoms with Gasteiger partial charge >= 0.3 is 25.7 Å². The van der Waals surface area contributed by atoms with Gasteiger partial charge in [0.05, 0.1) is 46.5 Å². The Labute approximate surface area is 433 Å². The summed E-state index contributed by atoms with van der Waals surface area (Å²) in [7, 11) is 1.29. The molecule has 0 aromatic carbocycles. The van der Waals surface area contributed by atoms with Gasteiger partial charge in [-0.3, -0.25) is 23.4 Å². The van der Waals surface area contributed by atoms with Gasteiger partial charge in [-0.05, 0) is 135 Å². The Morgan fingerprint density at radius 3 is 2.14 bits per heavy atom. The Morgan fingerprint density at radius 1 is 0.803 bits per heavy atom. The zero-order valence-corrected chi connectivity index (χ0v) is 48.2. The number of carbonyl (C=O) groups excluding carboxylic acids is 3. The molecule has 4 aliphatic rings. The molecule has 12 heteroatoms. The third-order valence-electron chi connectivity index (χ3n) is 18.1. The first-order valence-corrected chi connectivity index (χ1v) is 30.3. The van der Waals surface area contributed by atoms with Crippen LogP contribution in [0.3, 0.4) is 0 Å². The van der Waals surface area contributed by atoms with Crippen LogP contribution in [0.25, 0.3) is 0 Å². The van der Waals surface area contributed by atoms with Crippen molar-refractivity contribution in [1.82, 2.24) is 0 Å². The summed E-state index contributed by atoms with van der Waals surface area (Å²) in [5.41, 5.74) is 1.93. The van der Waals surface area contributed by atoms with Gasteiger partial charge in [0.2, 0.25) is 0 Å². The molecule has 3 saturated carbocycles. The fourth-order valence-corrected chi connectivity index (χ4v) is 14.4. The van der Waals surface area contributed by atoms with Crippen LogP contribution in [0.1, 0.15) is 204 Å². The van der Waals surface area contributed by atoms with Gasteiger partial charge in [-0.1, -0.05) is 138 Å². The molecule has 0 aliphatic heterocycles. The van der Waals surface area contributed by atoms with Crippen molar-refractivity contribution in [3.8, 4) is 0 Å². The van der Waals surface area contributed by atoms with Crippen LogP contribution < -0.4 is 0 Å². The number of rotatable bonds is 32. The molecule has 0 aromatic rings. The minimum Gasteiger partial charge on any atom is -0.462 e. The highest BCUT2D eigenvalue weighted by atomic mass is 31.2. The molecule has 4 aliphatic carbocycles. The predicted octanol–water partition coefficient (Wildman–Crippen LogP) is 14.3. The fraction of sp³-hybridized carbons (Fsp3) is 0.881. The van der Waals surface area contributed by atoms with E-state index in [4.69, 9.17) is 23.3 Å². The molecule has 1 N–H and O–H groups in total. The molecule has 14 atom stereocenters. The summed E-state index contributed by atoms with van der Waals surface area (Å²) in [5, 5.41) is 0. The second-order valence-corrected chi connectivity index (χ2v) is 26.6. The monoisotopic (exact) mass is 1020 g/mol. The number of unbranched alkanes of at least 4 members (excludes halogenated alkanes) is 1. The average molecular weight is 1020 g/mol. The molecule has 6 unspecified atom stereocenters. The molecular formula is C59H105NO10P+. The second kappa shape index (κ2) is 28.7. The van der Waals surface area contributed by atoms with Crippen LogP contribution in [0.4, 0.5) is 0 Å². The molecule has 11 nitrogen and oxygen atoms in total. The van der Waals surface area contributed by atoms with E-state index in [1.54, 1.807) is 0 Å². The Bertz CT molecular complexity index is 1760. The SMILES string of the molecule is CCCC(C)CCCCC(CCC(C)CCC)C(=O)OCC(COP(=O)(O)OCC[N+](C)(C)C)OC(=O)CCC(=O)O[C@H]1CC[C@@]2(C)C(=CC[C@H]3[C@@H]4CC[C@H](C(C)/C=C/[C@@H](CC)C(C)C)[C@@]4(C)CC[C@@H]32)C1. The highest BCUT2D eigenvalue weighted by Crippen LogP contribution is 2.67. The summed E-state index contributed by atoms with van der Waals surface area (Å²) < 4.78 is 41.6. The van der Waals surface area contributed by atoms with Crippen LogP contribution in [-0.2, 0) is 42.2 Å². The maximum Gasteiger partial charge on any atom is 0.472 e. The van der Waals surface area contributed by atoms with Crippen LogP contribution in [0, 0.1) is 70.0 Å². The van der Waals surface area contributed by atoms with Crippen LogP contribution in [0.5, 0.6) is 0 Å². The summed E-state index contributed by atoms with van der Waals surface area (Å²) in [5.74, 6) is 4.04. The predicted molar refractivity (Wildman–Crippen MR) is 286 cm³/mol. The quantitative estimate of drug-likeness (QED) is 0.0173. The maximum absolute atomic E-state index is 13.7. The van der Waals surface area contributed by atoms with Gasteiger partial charge in [0.15, 0.2) is 6.10 Å². The van der Waals surface area contributed by atoms with E-state index in [1.807, 2.05) is 21.1 Å². The van der Waals surface area contributed by atoms with E-state index in [0.717, 1.165) is 82.5 Å². The minimum absolute atomic E-state index is 0.0247. The number of esters is 3. The van der Waals surface area contributed by atoms with Gasteiger partial charge in [0, 0.05) is 6.42 Å². The molecule has 0 heterocycles. The van der Waals surface area contributed by atoms with E-state index in [2.05, 4.69) is 87.5 Å². The number of allylic oxidation sites excluding steroid dienone is 3. The first-order valence-electron chi connectivity index (χ1n) is 28.8. The van der Waals surface area contributed by atoms with Crippen molar-refractivity contribution >= 4 is 25.7 Å². The van der Waals surface area contributed by atoms with Crippen LogP contribution >= 0.6 is 7.82 Å². The number of ether oxygens (including phenoxy) is 3. The lowest BCUT2D eigenvalue weighted by Crippen LogP contribution is -2.51. The van der Waals surface area contributed by atoms with Gasteiger partial charge in [-0.15, -0.1) is 0 Å². The summed E-state index contributed by atoms with van der Waals surface area (Å²) in [6.07, 6.45) is 25.7. The molecule has 410 valence electrons. The first-order chi connectivity index (χ1) is 33.4. The Morgan fingerprint density at radius 2 is 1.48 bits per heavy atom. The van der Waals surface area contributed by atoms with E-state index in [0.29, 0.717) is 70.7 Å². The Kier molecular flexibility index (Phi) is 24.9. The standard InChI is InChI=1S/C59H104NO10P/c1-14-19-43(6)21-17-18-22-47(25-23-44(7)20-15-2)57(63)66-40-50(41-68-71(64,65)67-38-37-60(11,12)13)70-56(62)32-31-55(61)69-49-33-35-58(9)48(39-49)27-28-51-53-30-29-52(59(53,10)36-34-54(51)58)45(8)24-26-46(16-3)42(4)5/h24,26-27,42-47,49-54H,14-23,25,28-41H2,1-13H3/p+1/b26-24+/t43?,44?,45?,46-,47?,49+,50?,51+,52-,53+,54+,58+,59-/m1/s1. The summed E-state index contributed by atoms with van der Waals surface area (Å²) in [6, 6.07) is 0. The summed E-state index contributed by atoms with van der Waals surface area (Å²) in [6.45, 7) is 23.0. The Balaban J connectivity index is 1.33. The van der Waals surface area contributed by atoms with E-state index in [1.165, 1.54) is 44.1 Å². The summed E-state index contributed by atoms with van der Waals surface area (Å²) in [4.78, 5) is 50.9. The lowest BCUT2D eigenvalue weighted by molar-refractivity contribution is -0.870. The molecule has 0 radical (unpaired) electrons. The number of nitrogens with zero attached hydrogens (tertiary/aromatic N) is 1. The molecule has 4 rings (SSSR count). The van der Waals surface area contributed by atoms with Crippen LogP contribution in [-0.4, -0.2) is 87.0 Å². The van der Waals surface area contributed by atoms with Gasteiger partial charge in [0.25, 0.3) is 0 Å². The number of quaternary nitrogens is 1. The number of hydrogen-bond donors (Lipinski definition) is 1. The topological polar surface area (TPSA) is 135 Å². The Hall–Kier alpha value is -2.04. The third-order valence-corrected chi connectivity index (χ3v) is 19.1. The third kappa shape index (κ3) is 18.9. The van der Waals surface area contributed by atoms with E-state index >= 15 is 0 Å². The van der Waals surface area contributed by atoms with Crippen LogP contribution in [0.2, 0.25) is 0 Å². The zero-order valence-electron chi connectivity index (χ0n) is 47.4. The highest BCUT2D eigenvalue weighted by molar-refractivity contribution is 7.47. The van der Waals surface area contributed by atoms with E-state index in [9.17, 15) is 23.8 Å². The smallest absolute Gasteiger partial charge is 0.462 e. The first kappa shape index (κ1) is 61.5. The number of phosphoric acid groups is 1. The number of likely N-dealkylation sites (N-methyl/N-ethyl adjacent to an activating group) is 1. The number of hydrogen-bond acceptors (Lipinski definition) is 9. The lowest BCUT2D eigenvalue weighted by atomic mass is 9.47. The second-order valence-electron chi connectivity index (χ2n) is 25.1. The van der Waals surface area contributed by atoms with E-state index < -0.39 is 32.5 Å². The average Bonchev–Trinajstić information content (AvgIpc) is 3.66. The molecule has 0 aromatic heterocycles. The minimum atomic E-state index is -4.52. The van der Waals surface area contributed by atoms with Crippen molar-refractivity contribution in [3.05, 3.63) is 23.8 Å². The van der Waals surface area contributed by atoms with Crippen molar-refractivity contribution in [1.29, 1.82) is 0 Å². The zero-order chi connectivity index (χ0) is 52.6. The fourth-order valence-electron chi connectivity index (χ4n) is 13.7. The summed E-state index contributed by atoms with van der Waals surface area (Å²) >= 11 is 0. The lowest BCUT2D eigenvalue weighted by Gasteiger charge is -2.58. The van der Waals surface area contributed by atoms with Crippen molar-refractivity contribution in [3.63, 3.8) is 0 Å². The van der Waals surface area contributed by atoms with Crippen molar-refractivity contribution in [2.24, 2.45) is 70.0 Å². The molecule has 0 spiro atoms. The van der Waals surface area contributed by atoms with Crippen LogP contribution in [0.15, 0.2) is 23.8 Å². The van der Waals surface area contributed by atoms with Crippen molar-refractivity contribution in [2.45, 2.75) is 216 Å². The molecule has 3 fully saturated rings. The van der Waals surface area contributed by atoms with E-state index in [-0.39, 0.29) is 49.5 Å². The largest absolute Gasteiger partial charge is 0.472 e. The molecule has 71 heavy (non-hydrogen) atoms. The van der Waals surface area contributed by atoms with Gasteiger partial charge in [-0.2, -0.15) is 0 Å². The normalized spacial score (nSPS) is 28.9. The van der Waals surface area contributed by atoms with Gasteiger partial charge in [-0.25, -0.2) is 4.57 Å². The number of carbonyl (C=O) groups is 3. The molecule has 0 amide bonds. The molecular weight excluding hydrogens is 914 g/mol. The number of fused-ring (bicyclic) bond motifs is 5. The van der Waals surface area contributed by atoms with Crippen molar-refractivity contribution in [2.75, 3.05) is 47.5 Å². The maximum atomic E-state index is 13.7. The highest BCUT2D eigenvalue weighted by Gasteiger charge is 2.59.